The Labute approximate surface area is 137 Å². The van der Waals surface area contributed by atoms with E-state index in [2.05, 4.69) is 10.6 Å². The molecule has 0 radical (unpaired) electrons. The van der Waals surface area contributed by atoms with Crippen LogP contribution in [0.1, 0.15) is 19.8 Å². The van der Waals surface area contributed by atoms with Crippen LogP contribution in [0.15, 0.2) is 35.2 Å². The van der Waals surface area contributed by atoms with Crippen LogP contribution in [-0.2, 0) is 9.59 Å². The smallest absolute Gasteiger partial charge is 0.352 e. The van der Waals surface area contributed by atoms with Crippen LogP contribution < -0.4 is 10.6 Å². The Kier molecular flexibility index (Phi) is 4.16. The van der Waals surface area contributed by atoms with Gasteiger partial charge in [0.15, 0.2) is 0 Å². The monoisotopic (exact) mass is 335 g/mol. The lowest BCUT2D eigenvalue weighted by Gasteiger charge is -2.49. The maximum atomic E-state index is 12.2. The number of rotatable bonds is 3. The minimum absolute atomic E-state index is 0.0372. The molecule has 2 heterocycles. The number of hydrogen-bond acceptors (Lipinski definition) is 4. The minimum Gasteiger partial charge on any atom is -0.477 e. The molecule has 2 aliphatic heterocycles. The summed E-state index contributed by atoms with van der Waals surface area (Å²) < 4.78 is 0. The molecule has 2 atom stereocenters. The van der Waals surface area contributed by atoms with Crippen LogP contribution in [0.25, 0.3) is 0 Å². The first-order valence-corrected chi connectivity index (χ1v) is 8.36. The molecule has 1 saturated heterocycles. The van der Waals surface area contributed by atoms with Crippen molar-refractivity contribution in [2.24, 2.45) is 0 Å². The first-order chi connectivity index (χ1) is 11.0. The highest BCUT2D eigenvalue weighted by Gasteiger charge is 2.53. The zero-order valence-electron chi connectivity index (χ0n) is 12.5. The van der Waals surface area contributed by atoms with E-state index in [9.17, 15) is 19.5 Å². The van der Waals surface area contributed by atoms with E-state index in [1.165, 1.54) is 16.7 Å². The maximum absolute atomic E-state index is 12.2. The van der Waals surface area contributed by atoms with Gasteiger partial charge in [-0.3, -0.25) is 9.69 Å². The summed E-state index contributed by atoms with van der Waals surface area (Å²) in [6.45, 7) is 1.70. The maximum Gasteiger partial charge on any atom is 0.352 e. The third-order valence-corrected chi connectivity index (χ3v) is 5.33. The number of fused-ring (bicyclic) bond motifs is 1. The molecule has 1 fully saturated rings. The molecule has 3 N–H and O–H groups in total. The number of carboxylic acid groups (broad SMARTS) is 1. The van der Waals surface area contributed by atoms with Gasteiger partial charge in [0.2, 0.25) is 0 Å². The number of β-lactam (4-membered cyclic amide) rings is 1. The highest BCUT2D eigenvalue weighted by atomic mass is 32.2. The number of amides is 3. The number of hydrogen-bond donors (Lipinski definition) is 3. The van der Waals surface area contributed by atoms with E-state index in [0.29, 0.717) is 17.0 Å². The molecule has 122 valence electrons. The van der Waals surface area contributed by atoms with E-state index in [-0.39, 0.29) is 17.0 Å². The number of nitrogens with one attached hydrogen (secondary N) is 2. The summed E-state index contributed by atoms with van der Waals surface area (Å²) >= 11 is 1.45. The quantitative estimate of drug-likeness (QED) is 0.672. The number of urea groups is 1. The fourth-order valence-electron chi connectivity index (χ4n) is 2.79. The number of allylic oxidation sites excluding steroid dienone is 3. The van der Waals surface area contributed by atoms with Gasteiger partial charge >= 0.3 is 12.0 Å². The first-order valence-electron chi connectivity index (χ1n) is 7.31. The second-order valence-corrected chi connectivity index (χ2v) is 6.66. The molecule has 0 bridgehead atoms. The van der Waals surface area contributed by atoms with Crippen LogP contribution >= 0.6 is 11.8 Å². The summed E-state index contributed by atoms with van der Waals surface area (Å²) in [5.41, 5.74) is 1.40. The average molecular weight is 335 g/mol. The molecule has 0 spiro atoms. The topological polar surface area (TPSA) is 98.7 Å². The molecule has 3 amide bonds. The highest BCUT2D eigenvalue weighted by molar-refractivity contribution is 8.00. The molecular formula is C15H17N3O4S. The Morgan fingerprint density at radius 1 is 1.39 bits per heavy atom. The predicted molar refractivity (Wildman–Crippen MR) is 85.3 cm³/mol. The Hall–Kier alpha value is -2.22. The fourth-order valence-corrected chi connectivity index (χ4v) is 4.08. The Bertz CT molecular complexity index is 668. The second-order valence-electron chi connectivity index (χ2n) is 5.56. The highest BCUT2D eigenvalue weighted by Crippen LogP contribution is 2.40. The second kappa shape index (κ2) is 6.11. The van der Waals surface area contributed by atoms with E-state index in [1.54, 1.807) is 6.92 Å². The molecule has 1 aliphatic carbocycles. The van der Waals surface area contributed by atoms with Gasteiger partial charge in [-0.15, -0.1) is 11.8 Å². The lowest BCUT2D eigenvalue weighted by atomic mass is 10.0. The molecular weight excluding hydrogens is 318 g/mol. The van der Waals surface area contributed by atoms with E-state index in [1.807, 2.05) is 18.2 Å². The summed E-state index contributed by atoms with van der Waals surface area (Å²) in [5.74, 6) is -0.965. The molecule has 8 heteroatoms. The van der Waals surface area contributed by atoms with Crippen LogP contribution in [0, 0.1) is 0 Å². The van der Waals surface area contributed by atoms with E-state index in [4.69, 9.17) is 0 Å². The summed E-state index contributed by atoms with van der Waals surface area (Å²) in [6.07, 6.45) is 7.52. The summed E-state index contributed by atoms with van der Waals surface area (Å²) in [7, 11) is 0. The van der Waals surface area contributed by atoms with Gasteiger partial charge in [0.1, 0.15) is 17.1 Å². The van der Waals surface area contributed by atoms with Crippen LogP contribution in [-0.4, -0.2) is 45.1 Å². The van der Waals surface area contributed by atoms with Gasteiger partial charge in [-0.05, 0) is 31.4 Å². The fraction of sp³-hybridized carbons (Fsp3) is 0.400. The lowest BCUT2D eigenvalue weighted by Crippen LogP contribution is -2.71. The molecule has 0 aromatic rings. The van der Waals surface area contributed by atoms with Crippen molar-refractivity contribution in [3.63, 3.8) is 0 Å². The molecule has 0 aromatic carbocycles. The first kappa shape index (κ1) is 15.7. The molecule has 0 saturated carbocycles. The van der Waals surface area contributed by atoms with Gasteiger partial charge < -0.3 is 15.7 Å². The number of carboxylic acids is 1. The van der Waals surface area contributed by atoms with Crippen molar-refractivity contribution in [1.29, 1.82) is 0 Å². The van der Waals surface area contributed by atoms with Crippen LogP contribution in [0.4, 0.5) is 4.79 Å². The number of thioether (sulfide) groups is 1. The van der Waals surface area contributed by atoms with Crippen LogP contribution in [0.2, 0.25) is 0 Å². The Balaban J connectivity index is 1.64. The van der Waals surface area contributed by atoms with Crippen molar-refractivity contribution >= 4 is 29.7 Å². The van der Waals surface area contributed by atoms with Gasteiger partial charge in [0.05, 0.1) is 0 Å². The predicted octanol–water partition coefficient (Wildman–Crippen LogP) is 1.16. The van der Waals surface area contributed by atoms with Crippen molar-refractivity contribution in [2.45, 2.75) is 31.2 Å². The van der Waals surface area contributed by atoms with Crippen molar-refractivity contribution < 1.29 is 19.5 Å². The largest absolute Gasteiger partial charge is 0.477 e. The van der Waals surface area contributed by atoms with Gasteiger partial charge in [0, 0.05) is 11.4 Å². The Morgan fingerprint density at radius 3 is 2.83 bits per heavy atom. The van der Waals surface area contributed by atoms with Crippen molar-refractivity contribution in [3.8, 4) is 0 Å². The van der Waals surface area contributed by atoms with Gasteiger partial charge in [-0.1, -0.05) is 12.2 Å². The number of nitrogens with zero attached hydrogens (tertiary/aromatic N) is 1. The minimum atomic E-state index is -1.11. The van der Waals surface area contributed by atoms with Crippen LogP contribution in [0.5, 0.6) is 0 Å². The third-order valence-electron chi connectivity index (χ3n) is 3.90. The van der Waals surface area contributed by atoms with E-state index < -0.39 is 18.0 Å². The number of carbonyl (C=O) groups is 3. The van der Waals surface area contributed by atoms with E-state index in [0.717, 1.165) is 12.8 Å². The molecule has 7 nitrogen and oxygen atoms in total. The van der Waals surface area contributed by atoms with Gasteiger partial charge in [-0.25, -0.2) is 9.59 Å². The van der Waals surface area contributed by atoms with Crippen molar-refractivity contribution in [1.82, 2.24) is 15.5 Å². The van der Waals surface area contributed by atoms with Gasteiger partial charge in [-0.2, -0.15) is 0 Å². The van der Waals surface area contributed by atoms with Crippen LogP contribution in [0.3, 0.4) is 0 Å². The van der Waals surface area contributed by atoms with Crippen molar-refractivity contribution in [2.75, 3.05) is 5.75 Å². The zero-order chi connectivity index (χ0) is 16.6. The number of carbonyl (C=O) groups excluding carboxylic acids is 2. The molecule has 0 aromatic heterocycles. The molecule has 23 heavy (non-hydrogen) atoms. The number of aliphatic carboxylic acids is 1. The summed E-state index contributed by atoms with van der Waals surface area (Å²) in [6, 6.07) is -1.15. The molecule has 3 rings (SSSR count). The SMILES string of the molecule is CC1=C(C(=O)O)N2C(=O)[C@@H](NC(=O)NC3=CCCC=C3)[C@H]2SC1. The summed E-state index contributed by atoms with van der Waals surface area (Å²) in [5, 5.41) is 14.2. The van der Waals surface area contributed by atoms with Gasteiger partial charge in [0.25, 0.3) is 5.91 Å². The Morgan fingerprint density at radius 2 is 2.17 bits per heavy atom. The average Bonchev–Trinajstić information content (AvgIpc) is 2.53. The third kappa shape index (κ3) is 2.86. The van der Waals surface area contributed by atoms with E-state index >= 15 is 0 Å². The lowest BCUT2D eigenvalue weighted by molar-refractivity contribution is -0.148. The van der Waals surface area contributed by atoms with Crippen molar-refractivity contribution in [3.05, 3.63) is 35.2 Å². The normalized spacial score (nSPS) is 26.2. The summed E-state index contributed by atoms with van der Waals surface area (Å²) in [4.78, 5) is 36.8. The zero-order valence-corrected chi connectivity index (χ0v) is 13.4. The standard InChI is InChI=1S/C15H17N3O4S/c1-8-7-23-13-10(12(19)18(13)11(8)14(20)21)17-15(22)16-9-5-3-2-4-6-9/h3,5-6,10,13H,2,4,7H2,1H3,(H,20,21)(H2,16,17,22)/t10-,13-/m1/s1. The molecule has 0 unspecified atom stereocenters. The molecule has 3 aliphatic rings.